The topological polar surface area (TPSA) is 121 Å². The molecule has 0 atom stereocenters. The molecule has 0 fully saturated rings. The molecule has 0 unspecified atom stereocenters. The first-order valence-electron chi connectivity index (χ1n) is 7.92. The lowest BCUT2D eigenvalue weighted by Crippen LogP contribution is -2.25. The van der Waals surface area contributed by atoms with Gasteiger partial charge < -0.3 is 14.8 Å². The minimum Gasteiger partial charge on any atom is -0.505 e. The SMILES string of the molecule is CN(c1c2cccnc2c(O)c2c(O)n(Cc3nsc(Cl)n3)cc12)S(C)(=O)=O. The maximum atomic E-state index is 12.2. The summed E-state index contributed by atoms with van der Waals surface area (Å²) in [6.45, 7) is 0.0922. The molecule has 0 bridgehead atoms. The highest BCUT2D eigenvalue weighted by atomic mass is 35.5. The Labute approximate surface area is 168 Å². The quantitative estimate of drug-likeness (QED) is 0.501. The molecule has 2 N–H and O–H groups in total. The van der Waals surface area contributed by atoms with Crippen molar-refractivity contribution in [2.45, 2.75) is 6.54 Å². The van der Waals surface area contributed by atoms with E-state index in [4.69, 9.17) is 11.6 Å². The largest absolute Gasteiger partial charge is 0.505 e. The summed E-state index contributed by atoms with van der Waals surface area (Å²) in [7, 11) is -2.21. The molecule has 0 saturated heterocycles. The molecular formula is C16H14ClN5O4S2. The van der Waals surface area contributed by atoms with Gasteiger partial charge in [-0.15, -0.1) is 0 Å². The number of fused-ring (bicyclic) bond motifs is 2. The smallest absolute Gasteiger partial charge is 0.232 e. The van der Waals surface area contributed by atoms with Crippen molar-refractivity contribution in [1.82, 2.24) is 18.9 Å². The van der Waals surface area contributed by atoms with E-state index in [1.54, 1.807) is 18.3 Å². The van der Waals surface area contributed by atoms with E-state index in [0.717, 1.165) is 22.1 Å². The Morgan fingerprint density at radius 3 is 2.71 bits per heavy atom. The van der Waals surface area contributed by atoms with Crippen LogP contribution >= 0.6 is 23.1 Å². The normalized spacial score (nSPS) is 12.1. The minimum atomic E-state index is -3.62. The molecule has 0 aliphatic heterocycles. The minimum absolute atomic E-state index is 0.0922. The molecule has 0 spiro atoms. The van der Waals surface area contributed by atoms with E-state index in [-0.39, 0.29) is 33.5 Å². The van der Waals surface area contributed by atoms with Crippen LogP contribution in [0.25, 0.3) is 21.7 Å². The Hall–Kier alpha value is -2.63. The Morgan fingerprint density at radius 2 is 2.07 bits per heavy atom. The number of nitrogens with zero attached hydrogens (tertiary/aromatic N) is 5. The van der Waals surface area contributed by atoms with Crippen molar-refractivity contribution in [2.24, 2.45) is 0 Å². The fourth-order valence-electron chi connectivity index (χ4n) is 3.08. The number of halogens is 1. The van der Waals surface area contributed by atoms with Crippen LogP contribution in [0.5, 0.6) is 11.6 Å². The van der Waals surface area contributed by atoms with E-state index in [0.29, 0.717) is 22.3 Å². The van der Waals surface area contributed by atoms with Gasteiger partial charge in [-0.2, -0.15) is 4.37 Å². The van der Waals surface area contributed by atoms with Crippen LogP contribution in [-0.4, -0.2) is 50.8 Å². The number of benzene rings is 1. The van der Waals surface area contributed by atoms with Crippen LogP contribution in [-0.2, 0) is 16.6 Å². The molecule has 0 aliphatic rings. The molecule has 28 heavy (non-hydrogen) atoms. The summed E-state index contributed by atoms with van der Waals surface area (Å²) in [4.78, 5) is 8.21. The third kappa shape index (κ3) is 2.91. The number of aromatic hydroxyl groups is 2. The fourth-order valence-corrected chi connectivity index (χ4v) is 4.24. The Kier molecular flexibility index (Phi) is 4.32. The van der Waals surface area contributed by atoms with Crippen molar-refractivity contribution in [3.05, 3.63) is 34.8 Å². The van der Waals surface area contributed by atoms with Crippen molar-refractivity contribution < 1.29 is 18.6 Å². The van der Waals surface area contributed by atoms with Gasteiger partial charge in [-0.05, 0) is 35.3 Å². The van der Waals surface area contributed by atoms with Crippen LogP contribution in [0.3, 0.4) is 0 Å². The molecule has 9 nitrogen and oxygen atoms in total. The standard InChI is InChI=1S/C16H14ClN5O4S2/c1-21(28(2,25)26)13-8-4-3-5-18-12(8)14(23)11-9(13)6-22(15(11)24)7-10-19-16(17)27-20-10/h3-6,23-24H,7H2,1-2H3. The van der Waals surface area contributed by atoms with Crippen LogP contribution < -0.4 is 4.31 Å². The summed E-state index contributed by atoms with van der Waals surface area (Å²) in [6, 6.07) is 3.31. The average molecular weight is 440 g/mol. The number of sulfonamides is 1. The maximum absolute atomic E-state index is 12.2. The zero-order valence-electron chi connectivity index (χ0n) is 14.7. The number of rotatable bonds is 4. The third-order valence-corrected chi connectivity index (χ3v) is 6.41. The van der Waals surface area contributed by atoms with Gasteiger partial charge in [-0.25, -0.2) is 13.4 Å². The second kappa shape index (κ2) is 6.47. The van der Waals surface area contributed by atoms with E-state index in [1.165, 1.54) is 17.8 Å². The van der Waals surface area contributed by atoms with Crippen LogP contribution in [0.2, 0.25) is 4.47 Å². The molecule has 12 heteroatoms. The summed E-state index contributed by atoms with van der Waals surface area (Å²) in [5.74, 6) is -0.114. The lowest BCUT2D eigenvalue weighted by Gasteiger charge is -2.20. The van der Waals surface area contributed by atoms with Crippen molar-refractivity contribution in [3.8, 4) is 11.6 Å². The summed E-state index contributed by atoms with van der Waals surface area (Å²) in [5, 5.41) is 22.3. The summed E-state index contributed by atoms with van der Waals surface area (Å²) in [6.07, 6.45) is 4.10. The summed E-state index contributed by atoms with van der Waals surface area (Å²) >= 11 is 6.83. The Bertz CT molecular complexity index is 1330. The highest BCUT2D eigenvalue weighted by Crippen LogP contribution is 2.46. The van der Waals surface area contributed by atoms with Crippen LogP contribution in [0, 0.1) is 0 Å². The molecule has 0 radical (unpaired) electrons. The lowest BCUT2D eigenvalue weighted by atomic mass is 10.1. The van der Waals surface area contributed by atoms with Gasteiger partial charge in [0.15, 0.2) is 11.6 Å². The molecule has 3 aromatic heterocycles. The van der Waals surface area contributed by atoms with Crippen LogP contribution in [0.1, 0.15) is 5.82 Å². The van der Waals surface area contributed by atoms with Crippen molar-refractivity contribution in [1.29, 1.82) is 0 Å². The summed E-state index contributed by atoms with van der Waals surface area (Å²) in [5.41, 5.74) is 0.486. The molecule has 1 aromatic carbocycles. The highest BCUT2D eigenvalue weighted by molar-refractivity contribution is 7.92. The molecule has 3 heterocycles. The molecular weight excluding hydrogens is 426 g/mol. The number of pyridine rings is 1. The second-order valence-corrected chi connectivity index (χ2v) is 9.51. The molecule has 0 saturated carbocycles. The first kappa shape index (κ1) is 18.7. The Balaban J connectivity index is 2.07. The fraction of sp³-hybridized carbons (Fsp3) is 0.188. The van der Waals surface area contributed by atoms with Crippen LogP contribution in [0.15, 0.2) is 24.5 Å². The predicted octanol–water partition coefficient (Wildman–Crippen LogP) is 2.55. The zero-order valence-corrected chi connectivity index (χ0v) is 17.0. The number of hydrogen-bond acceptors (Lipinski definition) is 8. The average Bonchev–Trinajstić information content (AvgIpc) is 3.18. The summed E-state index contributed by atoms with van der Waals surface area (Å²) < 4.78 is 31.3. The number of aromatic nitrogens is 4. The number of anilines is 1. The number of hydrogen-bond donors (Lipinski definition) is 2. The number of phenols is 1. The van der Waals surface area contributed by atoms with Crippen molar-refractivity contribution >= 4 is 60.5 Å². The number of phenolic OH excluding ortho intramolecular Hbond substituents is 1. The molecule has 0 aliphatic carbocycles. The zero-order chi connectivity index (χ0) is 20.2. The van der Waals surface area contributed by atoms with Gasteiger partial charge in [0.05, 0.1) is 23.9 Å². The lowest BCUT2D eigenvalue weighted by molar-refractivity contribution is 0.424. The van der Waals surface area contributed by atoms with E-state index in [9.17, 15) is 18.6 Å². The van der Waals surface area contributed by atoms with Gasteiger partial charge in [0.1, 0.15) is 5.52 Å². The van der Waals surface area contributed by atoms with E-state index < -0.39 is 10.0 Å². The van der Waals surface area contributed by atoms with Gasteiger partial charge >= 0.3 is 0 Å². The monoisotopic (exact) mass is 439 g/mol. The van der Waals surface area contributed by atoms with Gasteiger partial charge in [-0.1, -0.05) is 0 Å². The van der Waals surface area contributed by atoms with E-state index >= 15 is 0 Å². The Morgan fingerprint density at radius 1 is 1.32 bits per heavy atom. The third-order valence-electron chi connectivity index (χ3n) is 4.40. The first-order chi connectivity index (χ1) is 13.2. The van der Waals surface area contributed by atoms with Gasteiger partial charge in [0.25, 0.3) is 0 Å². The van der Waals surface area contributed by atoms with Crippen molar-refractivity contribution in [3.63, 3.8) is 0 Å². The second-order valence-electron chi connectivity index (χ2n) is 6.16. The predicted molar refractivity (Wildman–Crippen MR) is 108 cm³/mol. The van der Waals surface area contributed by atoms with E-state index in [1.807, 2.05) is 0 Å². The molecule has 4 aromatic rings. The van der Waals surface area contributed by atoms with Gasteiger partial charge in [-0.3, -0.25) is 9.29 Å². The van der Waals surface area contributed by atoms with E-state index in [2.05, 4.69) is 14.3 Å². The molecule has 4 rings (SSSR count). The molecule has 146 valence electrons. The molecule has 0 amide bonds. The van der Waals surface area contributed by atoms with Crippen molar-refractivity contribution in [2.75, 3.05) is 17.6 Å². The van der Waals surface area contributed by atoms with Gasteiger partial charge in [0.2, 0.25) is 20.4 Å². The van der Waals surface area contributed by atoms with Gasteiger partial charge in [0, 0.05) is 30.2 Å². The maximum Gasteiger partial charge on any atom is 0.232 e. The first-order valence-corrected chi connectivity index (χ1v) is 10.9. The highest BCUT2D eigenvalue weighted by Gasteiger charge is 2.26. The van der Waals surface area contributed by atoms with Crippen LogP contribution in [0.4, 0.5) is 5.69 Å².